The molecule has 0 atom stereocenters. The van der Waals surface area contributed by atoms with E-state index in [-0.39, 0.29) is 24.7 Å². The van der Waals surface area contributed by atoms with Gasteiger partial charge in [-0.15, -0.1) is 11.3 Å². The monoisotopic (exact) mass is 381 g/mol. The third-order valence-electron chi connectivity index (χ3n) is 3.73. The molecular weight excluding hydrogens is 362 g/mol. The van der Waals surface area contributed by atoms with Gasteiger partial charge in [0.05, 0.1) is 18.5 Å². The van der Waals surface area contributed by atoms with Gasteiger partial charge in [-0.1, -0.05) is 30.3 Å². The lowest BCUT2D eigenvalue weighted by molar-refractivity contribution is -0.120. The van der Waals surface area contributed by atoms with Crippen LogP contribution >= 0.6 is 11.3 Å². The maximum Gasteiger partial charge on any atom is 0.246 e. The summed E-state index contributed by atoms with van der Waals surface area (Å²) in [6.45, 7) is 1.68. The molecule has 0 radical (unpaired) electrons. The number of benzene rings is 2. The number of carbonyl (C=O) groups is 2. The molecule has 27 heavy (non-hydrogen) atoms. The highest BCUT2D eigenvalue weighted by Gasteiger charge is 2.08. The first-order valence-corrected chi connectivity index (χ1v) is 9.18. The predicted octanol–water partition coefficient (Wildman–Crippen LogP) is 2.94. The fraction of sp³-hybridized carbons (Fsp3) is 0.158. The van der Waals surface area contributed by atoms with Crippen LogP contribution in [0.2, 0.25) is 0 Å². The zero-order valence-corrected chi connectivity index (χ0v) is 15.5. The van der Waals surface area contributed by atoms with Crippen LogP contribution in [0, 0.1) is 0 Å². The Balaban J connectivity index is 1.51. The highest BCUT2D eigenvalue weighted by Crippen LogP contribution is 2.19. The third-order valence-corrected chi connectivity index (χ3v) is 4.45. The number of nitrogens with one attached hydrogen (secondary N) is 2. The highest BCUT2D eigenvalue weighted by atomic mass is 32.1. The topological polar surface area (TPSA) is 109 Å². The summed E-state index contributed by atoms with van der Waals surface area (Å²) in [5, 5.41) is 11.1. The minimum atomic E-state index is -0.311. The van der Waals surface area contributed by atoms with Crippen molar-refractivity contribution in [2.45, 2.75) is 19.8 Å². The Morgan fingerprint density at radius 1 is 1.15 bits per heavy atom. The van der Waals surface area contributed by atoms with Crippen molar-refractivity contribution in [1.29, 1.82) is 0 Å². The summed E-state index contributed by atoms with van der Waals surface area (Å²) in [5.74, 6) is -0.511. The molecule has 3 rings (SSSR count). The molecule has 0 unspecified atom stereocenters. The Morgan fingerprint density at radius 2 is 1.93 bits per heavy atom. The van der Waals surface area contributed by atoms with Crippen LogP contribution in [-0.4, -0.2) is 22.5 Å². The van der Waals surface area contributed by atoms with Gasteiger partial charge in [0.1, 0.15) is 0 Å². The van der Waals surface area contributed by atoms with Gasteiger partial charge >= 0.3 is 0 Å². The summed E-state index contributed by atoms with van der Waals surface area (Å²) >= 11 is 1.28. The maximum absolute atomic E-state index is 12.2. The predicted molar refractivity (Wildman–Crippen MR) is 109 cm³/mol. The van der Waals surface area contributed by atoms with Crippen LogP contribution in [-0.2, 0) is 16.0 Å². The van der Waals surface area contributed by atoms with Gasteiger partial charge < -0.3 is 11.1 Å². The molecule has 1 heterocycles. The number of rotatable bonds is 6. The van der Waals surface area contributed by atoms with Gasteiger partial charge in [-0.3, -0.25) is 9.59 Å². The number of fused-ring (bicyclic) bond motifs is 1. The number of amides is 2. The van der Waals surface area contributed by atoms with Gasteiger partial charge in [0.2, 0.25) is 11.8 Å². The standard InChI is InChI=1S/C19H19N5O2S/c1-12(23-24-18(26)10-16-11-27-19(20)22-16)8-17(25)21-15-7-6-13-4-2-3-5-14(13)9-15/h2-7,9,11H,8,10H2,1H3,(H2,20,22)(H,21,25)(H,24,26)/b23-12+. The van der Waals surface area contributed by atoms with Crippen LogP contribution in [0.4, 0.5) is 10.8 Å². The lowest BCUT2D eigenvalue weighted by Gasteiger charge is -2.07. The number of hydrogen-bond acceptors (Lipinski definition) is 6. The van der Waals surface area contributed by atoms with E-state index >= 15 is 0 Å². The Morgan fingerprint density at radius 3 is 2.67 bits per heavy atom. The van der Waals surface area contributed by atoms with Crippen LogP contribution in [0.5, 0.6) is 0 Å². The summed E-state index contributed by atoms with van der Waals surface area (Å²) < 4.78 is 0. The summed E-state index contributed by atoms with van der Waals surface area (Å²) in [5.41, 5.74) is 9.77. The van der Waals surface area contributed by atoms with E-state index in [1.54, 1.807) is 12.3 Å². The lowest BCUT2D eigenvalue weighted by Crippen LogP contribution is -2.23. The number of nitrogen functional groups attached to an aromatic ring is 1. The quantitative estimate of drug-likeness (QED) is 0.450. The van der Waals surface area contributed by atoms with Gasteiger partial charge in [0.15, 0.2) is 5.13 Å². The molecular formula is C19H19N5O2S. The Hall–Kier alpha value is -3.26. The van der Waals surface area contributed by atoms with Crippen LogP contribution in [0.1, 0.15) is 19.0 Å². The Kier molecular flexibility index (Phi) is 5.77. The van der Waals surface area contributed by atoms with Crippen LogP contribution in [0.3, 0.4) is 0 Å². The Bertz CT molecular complexity index is 1010. The summed E-state index contributed by atoms with van der Waals surface area (Å²) in [6.07, 6.45) is 0.171. The molecule has 0 saturated carbocycles. The van der Waals surface area contributed by atoms with Crippen molar-refractivity contribution in [1.82, 2.24) is 10.4 Å². The molecule has 0 bridgehead atoms. The average Bonchev–Trinajstić information content (AvgIpc) is 3.04. The fourth-order valence-electron chi connectivity index (χ4n) is 2.51. The van der Waals surface area contributed by atoms with E-state index < -0.39 is 0 Å². The van der Waals surface area contributed by atoms with Gasteiger partial charge in [-0.05, 0) is 29.8 Å². The zero-order chi connectivity index (χ0) is 19.2. The van der Waals surface area contributed by atoms with E-state index in [4.69, 9.17) is 5.73 Å². The molecule has 3 aromatic rings. The SMILES string of the molecule is C/C(CC(=O)Nc1ccc2ccccc2c1)=N\NC(=O)Cc1csc(N)n1. The van der Waals surface area contributed by atoms with Gasteiger partial charge in [-0.2, -0.15) is 5.10 Å². The van der Waals surface area contributed by atoms with E-state index in [2.05, 4.69) is 20.8 Å². The van der Waals surface area contributed by atoms with Crippen LogP contribution < -0.4 is 16.5 Å². The number of nitrogens with zero attached hydrogens (tertiary/aromatic N) is 2. The second-order valence-electron chi connectivity index (χ2n) is 6.02. The molecule has 0 aliphatic heterocycles. The molecule has 8 heteroatoms. The largest absolute Gasteiger partial charge is 0.375 e. The molecule has 0 aliphatic carbocycles. The van der Waals surface area contributed by atoms with E-state index in [1.807, 2.05) is 42.5 Å². The second-order valence-corrected chi connectivity index (χ2v) is 6.91. The van der Waals surface area contributed by atoms with Gasteiger partial charge in [-0.25, -0.2) is 10.4 Å². The van der Waals surface area contributed by atoms with Crippen molar-refractivity contribution in [3.05, 3.63) is 53.5 Å². The second kappa shape index (κ2) is 8.41. The van der Waals surface area contributed by atoms with Crippen molar-refractivity contribution in [3.8, 4) is 0 Å². The minimum absolute atomic E-state index is 0.0801. The molecule has 0 saturated heterocycles. The van der Waals surface area contributed by atoms with Crippen molar-refractivity contribution in [2.24, 2.45) is 5.10 Å². The number of hydrogen-bond donors (Lipinski definition) is 3. The third kappa shape index (κ3) is 5.35. The Labute approximate surface area is 160 Å². The fourth-order valence-corrected chi connectivity index (χ4v) is 3.07. The summed E-state index contributed by atoms with van der Waals surface area (Å²) in [6, 6.07) is 13.7. The van der Waals surface area contributed by atoms with E-state index in [0.29, 0.717) is 16.5 Å². The van der Waals surface area contributed by atoms with E-state index in [0.717, 1.165) is 16.5 Å². The zero-order valence-electron chi connectivity index (χ0n) is 14.7. The normalized spacial score (nSPS) is 11.4. The van der Waals surface area contributed by atoms with E-state index in [9.17, 15) is 9.59 Å². The molecule has 4 N–H and O–H groups in total. The number of nitrogens with two attached hydrogens (primary N) is 1. The number of carbonyl (C=O) groups excluding carboxylic acids is 2. The summed E-state index contributed by atoms with van der Waals surface area (Å²) in [7, 11) is 0. The van der Waals surface area contributed by atoms with Crippen molar-refractivity contribution in [3.63, 3.8) is 0 Å². The number of thiazole rings is 1. The average molecular weight is 381 g/mol. The van der Waals surface area contributed by atoms with Gasteiger partial charge in [0, 0.05) is 16.8 Å². The molecule has 1 aromatic heterocycles. The maximum atomic E-state index is 12.2. The number of aromatic nitrogens is 1. The lowest BCUT2D eigenvalue weighted by atomic mass is 10.1. The highest BCUT2D eigenvalue weighted by molar-refractivity contribution is 7.13. The number of hydrazone groups is 1. The van der Waals surface area contributed by atoms with Crippen LogP contribution in [0.25, 0.3) is 10.8 Å². The van der Waals surface area contributed by atoms with Crippen LogP contribution in [0.15, 0.2) is 52.9 Å². The van der Waals surface area contributed by atoms with E-state index in [1.165, 1.54) is 11.3 Å². The minimum Gasteiger partial charge on any atom is -0.375 e. The van der Waals surface area contributed by atoms with Crippen molar-refractivity contribution < 1.29 is 9.59 Å². The molecule has 7 nitrogen and oxygen atoms in total. The molecule has 0 spiro atoms. The van der Waals surface area contributed by atoms with Crippen molar-refractivity contribution in [2.75, 3.05) is 11.1 Å². The molecule has 138 valence electrons. The summed E-state index contributed by atoms with van der Waals surface area (Å²) in [4.78, 5) is 28.0. The molecule has 0 aliphatic rings. The molecule has 2 amide bonds. The molecule has 0 fully saturated rings. The first-order valence-electron chi connectivity index (χ1n) is 8.30. The number of anilines is 2. The first kappa shape index (κ1) is 18.5. The molecule has 2 aromatic carbocycles. The smallest absolute Gasteiger partial charge is 0.246 e. The first-order chi connectivity index (χ1) is 13.0. The van der Waals surface area contributed by atoms with Gasteiger partial charge in [0.25, 0.3) is 0 Å². The van der Waals surface area contributed by atoms with Crippen molar-refractivity contribution >= 4 is 50.5 Å².